The van der Waals surface area contributed by atoms with Gasteiger partial charge in [0.05, 0.1) is 12.5 Å². The van der Waals surface area contributed by atoms with E-state index in [9.17, 15) is 14.7 Å². The van der Waals surface area contributed by atoms with Crippen molar-refractivity contribution in [3.05, 3.63) is 65.5 Å². The maximum atomic E-state index is 12.4. The van der Waals surface area contributed by atoms with Crippen LogP contribution in [0.3, 0.4) is 0 Å². The first-order valence-corrected chi connectivity index (χ1v) is 9.88. The highest BCUT2D eigenvalue weighted by molar-refractivity contribution is 5.83. The van der Waals surface area contributed by atoms with E-state index in [1.807, 2.05) is 24.3 Å². The third-order valence-electron chi connectivity index (χ3n) is 5.76. The smallest absolute Gasteiger partial charge is 0.414 e. The summed E-state index contributed by atoms with van der Waals surface area (Å²) in [4.78, 5) is 27.8. The van der Waals surface area contributed by atoms with E-state index >= 15 is 0 Å². The van der Waals surface area contributed by atoms with Gasteiger partial charge in [0, 0.05) is 12.3 Å². The number of anilines is 1. The Bertz CT molecular complexity index is 1090. The Morgan fingerprint density at radius 1 is 1.10 bits per heavy atom. The number of nitrogens with zero attached hydrogens (tertiary/aromatic N) is 3. The molecule has 2 heterocycles. The quantitative estimate of drug-likeness (QED) is 0.691. The fourth-order valence-electron chi connectivity index (χ4n) is 4.29. The molecule has 152 valence electrons. The van der Waals surface area contributed by atoms with Crippen LogP contribution in [0.25, 0.3) is 11.1 Å². The molecule has 2 aliphatic rings. The number of fused-ring (bicyclic) bond motifs is 4. The van der Waals surface area contributed by atoms with E-state index < -0.39 is 18.0 Å². The van der Waals surface area contributed by atoms with E-state index in [0.717, 1.165) is 11.1 Å². The molecule has 1 aromatic heterocycles. The molecule has 30 heavy (non-hydrogen) atoms. The predicted molar refractivity (Wildman–Crippen MR) is 108 cm³/mol. The molecule has 3 aromatic rings. The van der Waals surface area contributed by atoms with Crippen LogP contribution in [0.1, 0.15) is 29.3 Å². The van der Waals surface area contributed by atoms with Gasteiger partial charge >= 0.3 is 12.1 Å². The number of nitrogens with one attached hydrogen (secondary N) is 1. The third-order valence-corrected chi connectivity index (χ3v) is 5.76. The number of aromatic nitrogens is 3. The molecule has 8 nitrogen and oxygen atoms in total. The molecule has 5 rings (SSSR count). The molecule has 0 bridgehead atoms. The predicted octanol–water partition coefficient (Wildman–Crippen LogP) is 3.29. The molecule has 2 N–H and O–H groups in total. The number of carboxylic acids is 1. The molecule has 1 amide bonds. The second-order valence-electron chi connectivity index (χ2n) is 7.56. The maximum Gasteiger partial charge on any atom is 0.414 e. The van der Waals surface area contributed by atoms with E-state index in [4.69, 9.17) is 4.74 Å². The average molecular weight is 404 g/mol. The summed E-state index contributed by atoms with van der Waals surface area (Å²) >= 11 is 0. The van der Waals surface area contributed by atoms with Gasteiger partial charge in [0.25, 0.3) is 5.95 Å². The van der Waals surface area contributed by atoms with Crippen molar-refractivity contribution in [3.8, 4) is 11.1 Å². The molecule has 1 atom stereocenters. The topological polar surface area (TPSA) is 106 Å². The maximum absolute atomic E-state index is 12.4. The van der Waals surface area contributed by atoms with Crippen molar-refractivity contribution in [3.63, 3.8) is 0 Å². The van der Waals surface area contributed by atoms with Gasteiger partial charge in [0.2, 0.25) is 0 Å². The standard InChI is InChI=1S/C22H20N4O4/c27-20(28)13-9-10-19-23-21(25-26(19)11-13)24-22(29)30-12-18-16-7-3-1-5-14(16)15-6-2-4-8-17(15)18/h1-8,13,18H,9-12H2,(H,27,28)(H,24,25,29). The molecule has 0 spiro atoms. The van der Waals surface area contributed by atoms with Crippen LogP contribution in [0.4, 0.5) is 10.7 Å². The lowest BCUT2D eigenvalue weighted by molar-refractivity contribution is -0.142. The highest BCUT2D eigenvalue weighted by Crippen LogP contribution is 2.44. The number of carbonyl (C=O) groups excluding carboxylic acids is 1. The summed E-state index contributed by atoms with van der Waals surface area (Å²) < 4.78 is 7.04. The van der Waals surface area contributed by atoms with E-state index in [-0.39, 0.29) is 25.0 Å². The van der Waals surface area contributed by atoms with Crippen molar-refractivity contribution >= 4 is 18.0 Å². The molecule has 1 aliphatic heterocycles. The lowest BCUT2D eigenvalue weighted by Crippen LogP contribution is -2.27. The van der Waals surface area contributed by atoms with Crippen LogP contribution < -0.4 is 5.32 Å². The van der Waals surface area contributed by atoms with Crippen LogP contribution in [-0.4, -0.2) is 38.5 Å². The summed E-state index contributed by atoms with van der Waals surface area (Å²) in [6.45, 7) is 0.457. The second kappa shape index (κ2) is 7.29. The van der Waals surface area contributed by atoms with E-state index in [0.29, 0.717) is 18.7 Å². The van der Waals surface area contributed by atoms with Crippen LogP contribution in [0.2, 0.25) is 0 Å². The number of rotatable bonds is 4. The minimum absolute atomic E-state index is 0.0253. The van der Waals surface area contributed by atoms with Crippen molar-refractivity contribution in [2.45, 2.75) is 25.3 Å². The Hall–Kier alpha value is -3.68. The summed E-state index contributed by atoms with van der Waals surface area (Å²) in [6, 6.07) is 16.3. The first-order chi connectivity index (χ1) is 14.6. The Balaban J connectivity index is 1.26. The SMILES string of the molecule is O=C(Nc1nc2n(n1)CC(C(=O)O)CC2)OCC1c2ccccc2-c2ccccc21. The summed E-state index contributed by atoms with van der Waals surface area (Å²) in [5.41, 5.74) is 4.61. The number of ether oxygens (including phenoxy) is 1. The minimum Gasteiger partial charge on any atom is -0.481 e. The fourth-order valence-corrected chi connectivity index (χ4v) is 4.29. The zero-order chi connectivity index (χ0) is 20.7. The number of hydrogen-bond acceptors (Lipinski definition) is 5. The van der Waals surface area contributed by atoms with Crippen molar-refractivity contribution in [1.82, 2.24) is 14.8 Å². The Kier molecular flexibility index (Phi) is 4.46. The molecule has 0 radical (unpaired) electrons. The van der Waals surface area contributed by atoms with Crippen LogP contribution >= 0.6 is 0 Å². The van der Waals surface area contributed by atoms with Crippen LogP contribution in [0.5, 0.6) is 0 Å². The van der Waals surface area contributed by atoms with Gasteiger partial charge in [-0.15, -0.1) is 5.10 Å². The molecule has 0 saturated carbocycles. The van der Waals surface area contributed by atoms with Crippen molar-refractivity contribution in [1.29, 1.82) is 0 Å². The minimum atomic E-state index is -0.845. The molecule has 1 unspecified atom stereocenters. The number of hydrogen-bond donors (Lipinski definition) is 2. The first kappa shape index (κ1) is 18.4. The second-order valence-corrected chi connectivity index (χ2v) is 7.56. The first-order valence-electron chi connectivity index (χ1n) is 9.88. The Morgan fingerprint density at radius 3 is 2.43 bits per heavy atom. The average Bonchev–Trinajstić information content (AvgIpc) is 3.30. The molecule has 1 aliphatic carbocycles. The Morgan fingerprint density at radius 2 is 1.77 bits per heavy atom. The van der Waals surface area contributed by atoms with E-state index in [1.165, 1.54) is 11.1 Å². The van der Waals surface area contributed by atoms with Gasteiger partial charge in [-0.05, 0) is 28.7 Å². The van der Waals surface area contributed by atoms with E-state index in [2.05, 4.69) is 39.7 Å². The number of carbonyl (C=O) groups is 2. The van der Waals surface area contributed by atoms with Crippen LogP contribution in [0, 0.1) is 5.92 Å². The molecule has 0 fully saturated rings. The highest BCUT2D eigenvalue weighted by Gasteiger charge is 2.30. The monoisotopic (exact) mass is 404 g/mol. The van der Waals surface area contributed by atoms with Crippen molar-refractivity contribution in [2.75, 3.05) is 11.9 Å². The number of carboxylic acid groups (broad SMARTS) is 1. The number of aliphatic carboxylic acids is 1. The molecule has 0 saturated heterocycles. The summed E-state index contributed by atoms with van der Waals surface area (Å²) in [7, 11) is 0. The largest absolute Gasteiger partial charge is 0.481 e. The molecular formula is C22H20N4O4. The highest BCUT2D eigenvalue weighted by atomic mass is 16.5. The van der Waals surface area contributed by atoms with Gasteiger partial charge in [-0.1, -0.05) is 48.5 Å². The lowest BCUT2D eigenvalue weighted by atomic mass is 9.98. The van der Waals surface area contributed by atoms with Crippen LogP contribution in [-0.2, 0) is 22.5 Å². The molecular weight excluding hydrogens is 384 g/mol. The Labute approximate surface area is 172 Å². The number of amides is 1. The van der Waals surface area contributed by atoms with Gasteiger partial charge < -0.3 is 9.84 Å². The zero-order valence-corrected chi connectivity index (χ0v) is 16.1. The van der Waals surface area contributed by atoms with Gasteiger partial charge in [0.1, 0.15) is 12.4 Å². The van der Waals surface area contributed by atoms with Crippen LogP contribution in [0.15, 0.2) is 48.5 Å². The number of aryl methyl sites for hydroxylation is 1. The lowest BCUT2D eigenvalue weighted by Gasteiger charge is -2.18. The van der Waals surface area contributed by atoms with Gasteiger partial charge in [-0.3, -0.25) is 10.1 Å². The van der Waals surface area contributed by atoms with Gasteiger partial charge in [0.15, 0.2) is 0 Å². The zero-order valence-electron chi connectivity index (χ0n) is 16.1. The number of benzene rings is 2. The van der Waals surface area contributed by atoms with E-state index in [1.54, 1.807) is 4.68 Å². The van der Waals surface area contributed by atoms with Crippen molar-refractivity contribution < 1.29 is 19.4 Å². The normalized spacial score (nSPS) is 17.0. The summed E-state index contributed by atoms with van der Waals surface area (Å²) in [5, 5.41) is 15.9. The third kappa shape index (κ3) is 3.20. The molecule has 2 aromatic carbocycles. The fraction of sp³-hybridized carbons (Fsp3) is 0.273. The summed E-state index contributed by atoms with van der Waals surface area (Å²) in [5.74, 6) is -0.555. The molecule has 8 heteroatoms. The summed E-state index contributed by atoms with van der Waals surface area (Å²) in [6.07, 6.45) is 0.393. The van der Waals surface area contributed by atoms with Crippen molar-refractivity contribution in [2.24, 2.45) is 5.92 Å². The van der Waals surface area contributed by atoms with Gasteiger partial charge in [-0.2, -0.15) is 4.98 Å². The van der Waals surface area contributed by atoms with Gasteiger partial charge in [-0.25, -0.2) is 9.48 Å².